The number of halogens is 2. The van der Waals surface area contributed by atoms with Gasteiger partial charge in [-0.3, -0.25) is 0 Å². The summed E-state index contributed by atoms with van der Waals surface area (Å²) in [7, 11) is 1.64. The summed E-state index contributed by atoms with van der Waals surface area (Å²) in [5.74, 6) is -0.364. The molecule has 1 N–H and O–H groups in total. The van der Waals surface area contributed by atoms with Gasteiger partial charge in [-0.25, -0.2) is 13.8 Å². The van der Waals surface area contributed by atoms with Crippen molar-refractivity contribution in [2.45, 2.75) is 19.9 Å². The number of aromatic nitrogens is 2. The Labute approximate surface area is 122 Å². The number of benzene rings is 1. The first-order valence-electron chi connectivity index (χ1n) is 6.80. The first kappa shape index (κ1) is 15.4. The lowest BCUT2D eigenvalue weighted by molar-refractivity contribution is 0.210. The zero-order valence-corrected chi connectivity index (χ0v) is 12.2. The fourth-order valence-corrected chi connectivity index (χ4v) is 2.13. The molecule has 0 bridgehead atoms. The minimum atomic E-state index is -0.551. The number of aryl methyl sites for hydroxylation is 3. The average Bonchev–Trinajstić information content (AvgIpc) is 2.76. The Morgan fingerprint density at radius 1 is 1.24 bits per heavy atom. The Kier molecular flexibility index (Phi) is 5.27. The van der Waals surface area contributed by atoms with Gasteiger partial charge in [0, 0.05) is 32.5 Å². The van der Waals surface area contributed by atoms with E-state index in [2.05, 4.69) is 10.3 Å². The van der Waals surface area contributed by atoms with Crippen molar-refractivity contribution in [3.05, 3.63) is 47.3 Å². The highest BCUT2D eigenvalue weighted by Crippen LogP contribution is 2.13. The number of anilines is 1. The molecule has 0 aliphatic rings. The van der Waals surface area contributed by atoms with Crippen LogP contribution in [0.3, 0.4) is 0 Å². The first-order chi connectivity index (χ1) is 10.1. The van der Waals surface area contributed by atoms with Gasteiger partial charge in [0.15, 0.2) is 0 Å². The quantitative estimate of drug-likeness (QED) is 0.798. The highest BCUT2D eigenvalue weighted by Gasteiger charge is 2.06. The van der Waals surface area contributed by atoms with Crippen LogP contribution in [-0.2, 0) is 17.7 Å². The van der Waals surface area contributed by atoms with E-state index in [1.165, 1.54) is 12.1 Å². The van der Waals surface area contributed by atoms with Crippen LogP contribution >= 0.6 is 0 Å². The number of imidazole rings is 1. The molecule has 0 unspecified atom stereocenters. The number of nitrogens with zero attached hydrogens (tertiary/aromatic N) is 2. The lowest BCUT2D eigenvalue weighted by Crippen LogP contribution is -2.13. The second kappa shape index (κ2) is 7.17. The molecule has 0 spiro atoms. The molecule has 1 aromatic heterocycles. The number of hydrogen-bond acceptors (Lipinski definition) is 3. The Morgan fingerprint density at radius 3 is 2.62 bits per heavy atom. The summed E-state index contributed by atoms with van der Waals surface area (Å²) < 4.78 is 33.2. The molecular formula is C15H19F2N3O. The van der Waals surface area contributed by atoms with Crippen LogP contribution in [-0.4, -0.2) is 29.8 Å². The third-order valence-electron chi connectivity index (χ3n) is 3.05. The zero-order chi connectivity index (χ0) is 15.2. The van der Waals surface area contributed by atoms with Gasteiger partial charge in [-0.2, -0.15) is 0 Å². The number of rotatable bonds is 7. The maximum Gasteiger partial charge on any atom is 0.203 e. The summed E-state index contributed by atoms with van der Waals surface area (Å²) in [6, 6.07) is 3.58. The second-order valence-corrected chi connectivity index (χ2v) is 4.85. The van der Waals surface area contributed by atoms with Crippen molar-refractivity contribution < 1.29 is 13.5 Å². The van der Waals surface area contributed by atoms with Crippen LogP contribution < -0.4 is 5.32 Å². The molecule has 0 aliphatic heterocycles. The highest BCUT2D eigenvalue weighted by molar-refractivity contribution is 5.29. The standard InChI is InChI=1S/C15H19F2N3O/c1-11-10-20(15(19-11)18-4-6-21-2)5-3-12-7-13(16)9-14(17)8-12/h7-10H,3-6H2,1-2H3,(H,18,19). The smallest absolute Gasteiger partial charge is 0.203 e. The average molecular weight is 295 g/mol. The normalized spacial score (nSPS) is 10.9. The van der Waals surface area contributed by atoms with Crippen molar-refractivity contribution >= 4 is 5.95 Å². The molecule has 0 fully saturated rings. The summed E-state index contributed by atoms with van der Waals surface area (Å²) in [6.07, 6.45) is 2.44. The molecule has 6 heteroatoms. The van der Waals surface area contributed by atoms with Crippen LogP contribution in [0.25, 0.3) is 0 Å². The molecule has 0 saturated carbocycles. The maximum atomic E-state index is 13.2. The molecular weight excluding hydrogens is 276 g/mol. The summed E-state index contributed by atoms with van der Waals surface area (Å²) in [5, 5.41) is 3.17. The van der Waals surface area contributed by atoms with E-state index in [1.54, 1.807) is 7.11 Å². The first-order valence-corrected chi connectivity index (χ1v) is 6.80. The number of methoxy groups -OCH3 is 1. The molecule has 114 valence electrons. The fourth-order valence-electron chi connectivity index (χ4n) is 2.13. The Bertz CT molecular complexity index is 578. The lowest BCUT2D eigenvalue weighted by atomic mass is 10.1. The van der Waals surface area contributed by atoms with Gasteiger partial charge in [-0.1, -0.05) is 0 Å². The molecule has 2 rings (SSSR count). The molecule has 21 heavy (non-hydrogen) atoms. The van der Waals surface area contributed by atoms with E-state index < -0.39 is 11.6 Å². The van der Waals surface area contributed by atoms with Crippen molar-refractivity contribution in [3.8, 4) is 0 Å². The largest absolute Gasteiger partial charge is 0.383 e. The minimum absolute atomic E-state index is 0.531. The van der Waals surface area contributed by atoms with Crippen molar-refractivity contribution in [1.82, 2.24) is 9.55 Å². The molecule has 2 aromatic rings. The predicted octanol–water partition coefficient (Wildman–Crippen LogP) is 2.77. The molecule has 0 saturated heterocycles. The summed E-state index contributed by atoms with van der Waals surface area (Å²) >= 11 is 0. The summed E-state index contributed by atoms with van der Waals surface area (Å²) in [5.41, 5.74) is 1.52. The molecule has 1 aromatic carbocycles. The van der Waals surface area contributed by atoms with Gasteiger partial charge >= 0.3 is 0 Å². The molecule has 0 atom stereocenters. The van der Waals surface area contributed by atoms with Gasteiger partial charge in [0.25, 0.3) is 0 Å². The van der Waals surface area contributed by atoms with Crippen molar-refractivity contribution in [1.29, 1.82) is 0 Å². The minimum Gasteiger partial charge on any atom is -0.383 e. The topological polar surface area (TPSA) is 39.1 Å². The summed E-state index contributed by atoms with van der Waals surface area (Å²) in [4.78, 5) is 4.38. The van der Waals surface area contributed by atoms with E-state index in [4.69, 9.17) is 4.74 Å². The third-order valence-corrected chi connectivity index (χ3v) is 3.05. The molecule has 0 aliphatic carbocycles. The van der Waals surface area contributed by atoms with E-state index in [1.807, 2.05) is 17.7 Å². The Hall–Kier alpha value is -1.95. The lowest BCUT2D eigenvalue weighted by Gasteiger charge is -2.09. The van der Waals surface area contributed by atoms with Gasteiger partial charge in [-0.05, 0) is 31.0 Å². The molecule has 0 amide bonds. The highest BCUT2D eigenvalue weighted by atomic mass is 19.1. The van der Waals surface area contributed by atoms with Crippen molar-refractivity contribution in [3.63, 3.8) is 0 Å². The van der Waals surface area contributed by atoms with E-state index in [9.17, 15) is 8.78 Å². The molecule has 0 radical (unpaired) electrons. The molecule has 1 heterocycles. The SMILES string of the molecule is COCCNc1nc(C)cn1CCc1cc(F)cc(F)c1. The van der Waals surface area contributed by atoms with Crippen LogP contribution in [0.1, 0.15) is 11.3 Å². The van der Waals surface area contributed by atoms with E-state index in [0.29, 0.717) is 31.7 Å². The van der Waals surface area contributed by atoms with E-state index in [-0.39, 0.29) is 0 Å². The van der Waals surface area contributed by atoms with Crippen LogP contribution in [0, 0.1) is 18.6 Å². The van der Waals surface area contributed by atoms with Gasteiger partial charge in [0.05, 0.1) is 12.3 Å². The Morgan fingerprint density at radius 2 is 1.95 bits per heavy atom. The number of hydrogen-bond donors (Lipinski definition) is 1. The maximum absolute atomic E-state index is 13.2. The van der Waals surface area contributed by atoms with E-state index >= 15 is 0 Å². The van der Waals surface area contributed by atoms with Crippen LogP contribution in [0.4, 0.5) is 14.7 Å². The number of nitrogens with one attached hydrogen (secondary N) is 1. The molecule has 4 nitrogen and oxygen atoms in total. The van der Waals surface area contributed by atoms with Crippen molar-refractivity contribution in [2.75, 3.05) is 25.6 Å². The summed E-state index contributed by atoms with van der Waals surface area (Å²) in [6.45, 7) is 3.74. The fraction of sp³-hybridized carbons (Fsp3) is 0.400. The Balaban J connectivity index is 2.01. The zero-order valence-electron chi connectivity index (χ0n) is 12.2. The van der Waals surface area contributed by atoms with Crippen LogP contribution in [0.2, 0.25) is 0 Å². The van der Waals surface area contributed by atoms with Gasteiger partial charge in [0.2, 0.25) is 5.95 Å². The van der Waals surface area contributed by atoms with Crippen molar-refractivity contribution in [2.24, 2.45) is 0 Å². The van der Waals surface area contributed by atoms with Gasteiger partial charge in [0.1, 0.15) is 11.6 Å². The second-order valence-electron chi connectivity index (χ2n) is 4.85. The van der Waals surface area contributed by atoms with Gasteiger partial charge < -0.3 is 14.6 Å². The van der Waals surface area contributed by atoms with E-state index in [0.717, 1.165) is 17.7 Å². The van der Waals surface area contributed by atoms with Crippen LogP contribution in [0.15, 0.2) is 24.4 Å². The number of ether oxygens (including phenoxy) is 1. The monoisotopic (exact) mass is 295 g/mol. The third kappa shape index (κ3) is 4.53. The predicted molar refractivity (Wildman–Crippen MR) is 77.4 cm³/mol. The van der Waals surface area contributed by atoms with Gasteiger partial charge in [-0.15, -0.1) is 0 Å². The van der Waals surface area contributed by atoms with Crippen LogP contribution in [0.5, 0.6) is 0 Å².